The van der Waals surface area contributed by atoms with Crippen LogP contribution in [0.4, 0.5) is 0 Å². The Balaban J connectivity index is 2.06. The molecule has 1 nitrogen and oxygen atoms in total. The van der Waals surface area contributed by atoms with Gasteiger partial charge in [0, 0.05) is 12.6 Å². The van der Waals surface area contributed by atoms with Gasteiger partial charge in [0.15, 0.2) is 0 Å². The van der Waals surface area contributed by atoms with Gasteiger partial charge < -0.3 is 5.32 Å². The molecule has 1 N–H and O–H groups in total. The zero-order valence-electron chi connectivity index (χ0n) is 16.7. The molecule has 0 aliphatic rings. The first-order valence-corrected chi connectivity index (χ1v) is 9.89. The fraction of sp³-hybridized carbons (Fsp3) is 0.500. The van der Waals surface area contributed by atoms with Gasteiger partial charge in [0.1, 0.15) is 0 Å². The molecule has 1 heteroatoms. The van der Waals surface area contributed by atoms with Gasteiger partial charge in [-0.3, -0.25) is 0 Å². The molecule has 0 radical (unpaired) electrons. The summed E-state index contributed by atoms with van der Waals surface area (Å²) in [6.07, 6.45) is 4.85. The third-order valence-corrected chi connectivity index (χ3v) is 5.59. The highest BCUT2D eigenvalue weighted by Gasteiger charge is 2.18. The van der Waals surface area contributed by atoms with Gasteiger partial charge in [-0.15, -0.1) is 0 Å². The smallest absolute Gasteiger partial charge is 0.0213 e. The molecule has 0 saturated heterocycles. The monoisotopic (exact) mass is 337 g/mol. The fourth-order valence-corrected chi connectivity index (χ4v) is 4.05. The van der Waals surface area contributed by atoms with Gasteiger partial charge in [0.2, 0.25) is 0 Å². The normalized spacial score (nSPS) is 12.6. The van der Waals surface area contributed by atoms with Crippen LogP contribution in [0.15, 0.2) is 42.5 Å². The minimum absolute atomic E-state index is 0.579. The lowest BCUT2D eigenvalue weighted by molar-refractivity contribution is 0.315. The molecule has 0 aliphatic carbocycles. The molecular formula is C24H35N. The number of hydrogen-bond donors (Lipinski definition) is 1. The summed E-state index contributed by atoms with van der Waals surface area (Å²) in [5.74, 6) is 0.745. The van der Waals surface area contributed by atoms with E-state index in [1.165, 1.54) is 47.1 Å². The lowest BCUT2D eigenvalue weighted by atomic mass is 9.89. The van der Waals surface area contributed by atoms with Crippen LogP contribution in [0.2, 0.25) is 0 Å². The Bertz CT molecular complexity index is 617. The highest BCUT2D eigenvalue weighted by atomic mass is 14.9. The van der Waals surface area contributed by atoms with Crippen LogP contribution in [0.1, 0.15) is 60.9 Å². The lowest BCUT2D eigenvalue weighted by Crippen LogP contribution is -2.36. The second-order valence-corrected chi connectivity index (χ2v) is 7.47. The first-order valence-electron chi connectivity index (χ1n) is 9.89. The molecule has 25 heavy (non-hydrogen) atoms. The Morgan fingerprint density at radius 2 is 1.48 bits per heavy atom. The lowest BCUT2D eigenvalue weighted by Gasteiger charge is -2.27. The number of aryl methyl sites for hydroxylation is 4. The molecule has 0 aromatic heterocycles. The highest BCUT2D eigenvalue weighted by molar-refractivity contribution is 5.37. The van der Waals surface area contributed by atoms with E-state index in [4.69, 9.17) is 0 Å². The summed E-state index contributed by atoms with van der Waals surface area (Å²) in [6.45, 7) is 12.3. The van der Waals surface area contributed by atoms with E-state index < -0.39 is 0 Å². The van der Waals surface area contributed by atoms with Crippen molar-refractivity contribution in [2.45, 2.75) is 72.9 Å². The van der Waals surface area contributed by atoms with E-state index >= 15 is 0 Å². The van der Waals surface area contributed by atoms with Crippen molar-refractivity contribution in [3.05, 3.63) is 70.3 Å². The molecule has 2 rings (SSSR count). The van der Waals surface area contributed by atoms with Crippen molar-refractivity contribution in [2.75, 3.05) is 0 Å². The van der Waals surface area contributed by atoms with Crippen molar-refractivity contribution in [2.24, 2.45) is 5.92 Å². The Labute approximate surface area is 154 Å². The first kappa shape index (κ1) is 19.7. The number of nitrogens with one attached hydrogen (secondary N) is 1. The van der Waals surface area contributed by atoms with E-state index in [9.17, 15) is 0 Å². The van der Waals surface area contributed by atoms with Gasteiger partial charge in [0.25, 0.3) is 0 Å². The number of rotatable bonds is 9. The van der Waals surface area contributed by atoms with Crippen LogP contribution in [-0.2, 0) is 13.0 Å². The van der Waals surface area contributed by atoms with Crippen molar-refractivity contribution >= 4 is 0 Å². The van der Waals surface area contributed by atoms with Crippen LogP contribution in [0.3, 0.4) is 0 Å². The van der Waals surface area contributed by atoms with Gasteiger partial charge in [-0.05, 0) is 61.8 Å². The summed E-state index contributed by atoms with van der Waals surface area (Å²) >= 11 is 0. The van der Waals surface area contributed by atoms with E-state index in [1.807, 2.05) is 0 Å². The summed E-state index contributed by atoms with van der Waals surface area (Å²) in [5.41, 5.74) is 7.11. The van der Waals surface area contributed by atoms with Gasteiger partial charge in [0.05, 0.1) is 0 Å². The predicted octanol–water partition coefficient (Wildman–Crippen LogP) is 6.14. The van der Waals surface area contributed by atoms with Crippen molar-refractivity contribution in [1.29, 1.82) is 0 Å². The van der Waals surface area contributed by atoms with Crippen LogP contribution >= 0.6 is 0 Å². The molecule has 2 aromatic carbocycles. The van der Waals surface area contributed by atoms with Gasteiger partial charge >= 0.3 is 0 Å². The summed E-state index contributed by atoms with van der Waals surface area (Å²) in [5, 5.41) is 3.91. The molecule has 0 aliphatic heterocycles. The van der Waals surface area contributed by atoms with Gasteiger partial charge in [-0.1, -0.05) is 74.7 Å². The summed E-state index contributed by atoms with van der Waals surface area (Å²) in [4.78, 5) is 0. The standard InChI is InChI=1S/C24H35N/c1-6-22(7-2)24(14-13-21-11-9-8-10-12-21)25-17-23-19(4)15-18(3)16-20(23)5/h8-12,15-16,22,24-25H,6-7,13-14,17H2,1-5H3/t24-/m1/s1. The van der Waals surface area contributed by atoms with Crippen molar-refractivity contribution in [3.63, 3.8) is 0 Å². The molecular weight excluding hydrogens is 302 g/mol. The largest absolute Gasteiger partial charge is 0.310 e. The summed E-state index contributed by atoms with van der Waals surface area (Å²) in [7, 11) is 0. The third-order valence-electron chi connectivity index (χ3n) is 5.59. The van der Waals surface area contributed by atoms with E-state index in [0.717, 1.165) is 18.9 Å². The van der Waals surface area contributed by atoms with Gasteiger partial charge in [-0.25, -0.2) is 0 Å². The molecule has 1 atom stereocenters. The Kier molecular flexibility index (Phi) is 7.71. The highest BCUT2D eigenvalue weighted by Crippen LogP contribution is 2.21. The van der Waals surface area contributed by atoms with E-state index in [2.05, 4.69) is 82.4 Å². The van der Waals surface area contributed by atoms with E-state index in [0.29, 0.717) is 6.04 Å². The van der Waals surface area contributed by atoms with Crippen LogP contribution in [0.5, 0.6) is 0 Å². The van der Waals surface area contributed by atoms with Crippen LogP contribution in [-0.4, -0.2) is 6.04 Å². The fourth-order valence-electron chi connectivity index (χ4n) is 4.05. The maximum Gasteiger partial charge on any atom is 0.0213 e. The molecule has 0 saturated carbocycles. The zero-order valence-corrected chi connectivity index (χ0v) is 16.7. The van der Waals surface area contributed by atoms with Crippen LogP contribution in [0, 0.1) is 26.7 Å². The number of hydrogen-bond acceptors (Lipinski definition) is 1. The summed E-state index contributed by atoms with van der Waals surface area (Å²) < 4.78 is 0. The average molecular weight is 338 g/mol. The van der Waals surface area contributed by atoms with Crippen molar-refractivity contribution in [3.8, 4) is 0 Å². The Morgan fingerprint density at radius 1 is 0.880 bits per heavy atom. The zero-order chi connectivity index (χ0) is 18.2. The van der Waals surface area contributed by atoms with Crippen LogP contribution in [0.25, 0.3) is 0 Å². The maximum absolute atomic E-state index is 3.91. The molecule has 136 valence electrons. The van der Waals surface area contributed by atoms with E-state index in [1.54, 1.807) is 0 Å². The third kappa shape index (κ3) is 5.71. The maximum atomic E-state index is 3.91. The molecule has 0 unspecified atom stereocenters. The SMILES string of the molecule is CCC(CC)[C@@H](CCc1ccccc1)NCc1c(C)cc(C)cc1C. The summed E-state index contributed by atoms with van der Waals surface area (Å²) in [6, 6.07) is 16.1. The number of benzene rings is 2. The van der Waals surface area contributed by atoms with Crippen molar-refractivity contribution in [1.82, 2.24) is 5.32 Å². The molecule has 0 fully saturated rings. The van der Waals surface area contributed by atoms with Crippen molar-refractivity contribution < 1.29 is 0 Å². The molecule has 0 spiro atoms. The van der Waals surface area contributed by atoms with Crippen LogP contribution < -0.4 is 5.32 Å². The first-order chi connectivity index (χ1) is 12.0. The minimum atomic E-state index is 0.579. The Morgan fingerprint density at radius 3 is 2.04 bits per heavy atom. The Hall–Kier alpha value is -1.60. The quantitative estimate of drug-likeness (QED) is 0.579. The molecule has 0 bridgehead atoms. The second-order valence-electron chi connectivity index (χ2n) is 7.47. The second kappa shape index (κ2) is 9.77. The average Bonchev–Trinajstić information content (AvgIpc) is 2.59. The van der Waals surface area contributed by atoms with E-state index in [-0.39, 0.29) is 0 Å². The predicted molar refractivity (Wildman–Crippen MR) is 110 cm³/mol. The topological polar surface area (TPSA) is 12.0 Å². The van der Waals surface area contributed by atoms with Gasteiger partial charge in [-0.2, -0.15) is 0 Å². The molecule has 0 heterocycles. The molecule has 2 aromatic rings. The molecule has 0 amide bonds. The minimum Gasteiger partial charge on any atom is -0.310 e.